The maximum absolute atomic E-state index is 15.6. The maximum Gasteiger partial charge on any atom is 0.321 e. The van der Waals surface area contributed by atoms with E-state index in [0.29, 0.717) is 45.6 Å². The Morgan fingerprint density at radius 2 is 1.73 bits per heavy atom. The number of methoxy groups -OCH3 is 1. The van der Waals surface area contributed by atoms with Crippen molar-refractivity contribution in [1.82, 2.24) is 40.1 Å². The number of halogens is 7. The van der Waals surface area contributed by atoms with Gasteiger partial charge in [-0.1, -0.05) is 28.7 Å². The van der Waals surface area contributed by atoms with Crippen LogP contribution >= 0.6 is 11.6 Å². The summed E-state index contributed by atoms with van der Waals surface area (Å²) >= 11 is 6.85. The van der Waals surface area contributed by atoms with E-state index in [1.807, 2.05) is 0 Å². The Bertz CT molecular complexity index is 3150. The van der Waals surface area contributed by atoms with Crippen LogP contribution in [0.25, 0.3) is 22.0 Å². The largest absolute Gasteiger partial charge is 0.405 e. The van der Waals surface area contributed by atoms with E-state index >= 15 is 8.78 Å². The van der Waals surface area contributed by atoms with E-state index in [1.165, 1.54) is 31.7 Å². The molecule has 3 aliphatic rings. The number of carbonyl (C=O) groups excluding carboxylic acids is 1. The highest BCUT2D eigenvalue weighted by Crippen LogP contribution is 2.68. The van der Waals surface area contributed by atoms with Crippen molar-refractivity contribution in [2.45, 2.75) is 99.8 Å². The van der Waals surface area contributed by atoms with Crippen molar-refractivity contribution < 1.29 is 48.7 Å². The molecule has 14 nitrogen and oxygen atoms in total. The molecule has 3 aliphatic carbocycles. The molecule has 0 bridgehead atoms. The fraction of sp³-hybridized carbons (Fsp3) is 0.422. The van der Waals surface area contributed by atoms with Crippen LogP contribution < -0.4 is 10.6 Å². The Morgan fingerprint density at radius 1 is 1.03 bits per heavy atom. The van der Waals surface area contributed by atoms with E-state index in [4.69, 9.17) is 25.7 Å². The van der Waals surface area contributed by atoms with Crippen LogP contribution in [0, 0.1) is 29.4 Å². The Kier molecular flexibility index (Phi) is 11.3. The van der Waals surface area contributed by atoms with Crippen LogP contribution in [0.2, 0.25) is 5.02 Å². The second-order valence-corrected chi connectivity index (χ2v) is 21.1. The van der Waals surface area contributed by atoms with E-state index in [-0.39, 0.29) is 58.1 Å². The van der Waals surface area contributed by atoms with E-state index in [0.717, 1.165) is 12.1 Å². The first-order valence-corrected chi connectivity index (χ1v) is 23.0. The van der Waals surface area contributed by atoms with Crippen molar-refractivity contribution in [2.75, 3.05) is 12.4 Å². The van der Waals surface area contributed by atoms with Crippen LogP contribution in [0.3, 0.4) is 0 Å². The van der Waals surface area contributed by atoms with Crippen LogP contribution in [-0.4, -0.2) is 66.2 Å². The van der Waals surface area contributed by atoms with Gasteiger partial charge < -0.3 is 14.5 Å². The summed E-state index contributed by atoms with van der Waals surface area (Å²) < 4.78 is 128. The molecule has 2 aromatic carbocycles. The van der Waals surface area contributed by atoms with Crippen molar-refractivity contribution in [3.63, 3.8) is 0 Å². The highest BCUT2D eigenvalue weighted by Gasteiger charge is 2.67. The van der Waals surface area contributed by atoms with Gasteiger partial charge in [-0.3, -0.25) is 19.5 Å². The highest BCUT2D eigenvalue weighted by atomic mass is 35.5. The number of sulfone groups is 1. The number of pyridine rings is 1. The predicted octanol–water partition coefficient (Wildman–Crippen LogP) is 8.73. The van der Waals surface area contributed by atoms with Gasteiger partial charge in [0.25, 0.3) is 12.3 Å². The molecule has 4 aromatic heterocycles. The number of aromatic nitrogens is 7. The summed E-state index contributed by atoms with van der Waals surface area (Å²) in [6.45, 7) is 5.50. The summed E-state index contributed by atoms with van der Waals surface area (Å²) in [7, 11) is -0.563. The first-order valence-electron chi connectivity index (χ1n) is 21.1. The third kappa shape index (κ3) is 8.30. The monoisotopic (exact) mass is 969 g/mol. The van der Waals surface area contributed by atoms with Crippen LogP contribution in [0.15, 0.2) is 46.9 Å². The number of ether oxygens (including phenoxy) is 1. The Labute approximate surface area is 384 Å². The van der Waals surface area contributed by atoms with E-state index in [9.17, 15) is 30.8 Å². The number of nitrogens with zero attached hydrogens (tertiary/aromatic N) is 7. The molecule has 352 valence electrons. The molecule has 4 heterocycles. The minimum absolute atomic E-state index is 0.0119. The number of hydrogen-bond donors (Lipinski definition) is 2. The Morgan fingerprint density at radius 3 is 2.40 bits per heavy atom. The predicted molar refractivity (Wildman–Crippen MR) is 232 cm³/mol. The lowest BCUT2D eigenvalue weighted by Gasteiger charge is -2.23. The smallest absolute Gasteiger partial charge is 0.321 e. The lowest BCUT2D eigenvalue weighted by Crippen LogP contribution is -2.35. The van der Waals surface area contributed by atoms with Crippen LogP contribution in [0.5, 0.6) is 0 Å². The molecule has 9 rings (SSSR count). The average molecular weight is 970 g/mol. The third-order valence-corrected chi connectivity index (χ3v) is 15.7. The van der Waals surface area contributed by atoms with Gasteiger partial charge in [-0.05, 0) is 101 Å². The molecule has 0 unspecified atom stereocenters. The van der Waals surface area contributed by atoms with Crippen molar-refractivity contribution in [3.8, 4) is 23.0 Å². The quantitative estimate of drug-likeness (QED) is 0.0790. The first kappa shape index (κ1) is 46.1. The number of amides is 1. The zero-order chi connectivity index (χ0) is 48.1. The number of benzene rings is 2. The lowest BCUT2D eigenvalue weighted by molar-refractivity contribution is -0.123. The molecule has 0 spiro atoms. The number of anilines is 2. The second kappa shape index (κ2) is 16.4. The summed E-state index contributed by atoms with van der Waals surface area (Å²) in [5.74, 6) is -2.31. The van der Waals surface area contributed by atoms with Gasteiger partial charge in [0, 0.05) is 42.8 Å². The van der Waals surface area contributed by atoms with Crippen LogP contribution in [0.1, 0.15) is 105 Å². The SMILES string of the molecule is COC(C)(C)c1nnc(Nc2nn(C)c3c(-c4ccc(C#CC(C)(C)S(=O)(=O)C5CC5)nc4[C@H](Cc4cc(F)cc(F)c4)NC(=O)Cn4nc(C(F)F)c5c4C(F)(F)[C@@H]4C[C@H]54)ccc(Cl)c23)o1. The molecule has 22 heteroatoms. The fourth-order valence-corrected chi connectivity index (χ4v) is 10.7. The molecule has 2 fully saturated rings. The summed E-state index contributed by atoms with van der Waals surface area (Å²) in [6, 6.07) is 7.68. The van der Waals surface area contributed by atoms with Gasteiger partial charge in [0.1, 0.15) is 45.6 Å². The molecule has 6 aromatic rings. The number of hydrogen-bond acceptors (Lipinski definition) is 11. The normalized spacial score (nSPS) is 18.1. The molecule has 67 heavy (non-hydrogen) atoms. The zero-order valence-corrected chi connectivity index (χ0v) is 38.3. The third-order valence-electron chi connectivity index (χ3n) is 12.5. The number of aryl methyl sites for hydroxylation is 1. The lowest BCUT2D eigenvalue weighted by atomic mass is 9.93. The zero-order valence-electron chi connectivity index (χ0n) is 36.7. The van der Waals surface area contributed by atoms with E-state index in [1.54, 1.807) is 39.1 Å². The fourth-order valence-electron chi connectivity index (χ4n) is 8.64. The van der Waals surface area contributed by atoms with Gasteiger partial charge in [0.2, 0.25) is 11.8 Å². The van der Waals surface area contributed by atoms with Gasteiger partial charge >= 0.3 is 6.01 Å². The van der Waals surface area contributed by atoms with E-state index in [2.05, 4.69) is 42.9 Å². The van der Waals surface area contributed by atoms with Gasteiger partial charge in [-0.25, -0.2) is 31.0 Å². The minimum Gasteiger partial charge on any atom is -0.405 e. The molecular weight excluding hydrogens is 928 g/mol. The van der Waals surface area contributed by atoms with Crippen molar-refractivity contribution >= 4 is 50.1 Å². The average Bonchev–Trinajstić information content (AvgIpc) is 4.14. The minimum atomic E-state index is -3.67. The highest BCUT2D eigenvalue weighted by molar-refractivity contribution is 7.93. The summed E-state index contributed by atoms with van der Waals surface area (Å²) in [4.78, 5) is 19.1. The van der Waals surface area contributed by atoms with Crippen molar-refractivity contribution in [2.24, 2.45) is 13.0 Å². The maximum atomic E-state index is 15.6. The van der Waals surface area contributed by atoms with Gasteiger partial charge in [0.05, 0.1) is 32.9 Å². The van der Waals surface area contributed by atoms with Gasteiger partial charge in [-0.15, -0.1) is 5.10 Å². The topological polar surface area (TPSA) is 172 Å². The number of carbonyl (C=O) groups is 1. The molecule has 2 saturated carbocycles. The van der Waals surface area contributed by atoms with Crippen molar-refractivity contribution in [1.29, 1.82) is 0 Å². The number of nitrogens with one attached hydrogen (secondary N) is 2. The molecule has 0 saturated heterocycles. The number of rotatable bonds is 14. The van der Waals surface area contributed by atoms with Gasteiger partial charge in [-0.2, -0.15) is 19.0 Å². The molecule has 1 amide bonds. The molecule has 2 N–H and O–H groups in total. The van der Waals surface area contributed by atoms with Crippen molar-refractivity contribution in [3.05, 3.63) is 98.9 Å². The molecule has 0 aliphatic heterocycles. The first-order chi connectivity index (χ1) is 31.5. The molecule has 0 radical (unpaired) electrons. The van der Waals surface area contributed by atoms with E-state index < -0.39 is 91.1 Å². The second-order valence-electron chi connectivity index (χ2n) is 18.0. The Balaban J connectivity index is 1.18. The Hall–Kier alpha value is -5.98. The summed E-state index contributed by atoms with van der Waals surface area (Å²) in [6.07, 6.45) is -2.50. The van der Waals surface area contributed by atoms with Gasteiger partial charge in [0.15, 0.2) is 15.7 Å². The number of alkyl halides is 4. The number of fused-ring (bicyclic) bond motifs is 4. The summed E-state index contributed by atoms with van der Waals surface area (Å²) in [5.41, 5.74) is -1.56. The molecule has 3 atom stereocenters. The standard InChI is InChI=1S/C45H42ClF6N9O5S/c1-43(2,67(63,64)25-8-9-25)14-13-24-7-10-26(27-11-12-30(46)34-37(27)60(5)59-40(34)55-42-57-56-41(66-42)44(3,4)65-6)35(53-24)31(17-21-15-22(47)18-23(48)16-21)54-32(62)20-61-38-33(36(58-61)39(49)50)28-19-29(28)45(38,51)52/h7,10-12,15-16,18,25,28-29,31,39H,8-9,17,19-20H2,1-6H3,(H,54,62)(H,55,57,59)/t28-,29+,31-/m0/s1. The summed E-state index contributed by atoms with van der Waals surface area (Å²) in [5, 5.41) is 22.4. The van der Waals surface area contributed by atoms with Crippen LogP contribution in [0.4, 0.5) is 38.2 Å². The molecular formula is C45H42ClF6N9O5S. The van der Waals surface area contributed by atoms with Crippen LogP contribution in [-0.2, 0) is 50.9 Å².